The molecule has 0 saturated heterocycles. The van der Waals surface area contributed by atoms with Crippen molar-refractivity contribution in [3.63, 3.8) is 0 Å². The Kier molecular flexibility index (Phi) is 64.5. The molecule has 546 valence electrons. The van der Waals surface area contributed by atoms with Gasteiger partial charge in [-0.3, -0.25) is 53.1 Å². The Morgan fingerprint density at radius 2 is 0.532 bits per heavy atom. The quantitative estimate of drug-likeness (QED) is 0.0116. The van der Waals surface area contributed by atoms with Gasteiger partial charge in [-0.25, -0.2) is 0 Å². The summed E-state index contributed by atoms with van der Waals surface area (Å²) in [7, 11) is 0. The molecule has 0 aromatic rings. The Balaban J connectivity index is 5.70. The number of carbonyl (C=O) groups is 8. The van der Waals surface area contributed by atoms with Gasteiger partial charge in [-0.15, -0.1) is 0 Å². The molecule has 0 aliphatic rings. The summed E-state index contributed by atoms with van der Waals surface area (Å²) in [5, 5.41) is 25.8. The molecule has 0 unspecified atom stereocenters. The zero-order chi connectivity index (χ0) is 68.8. The van der Waals surface area contributed by atoms with Crippen molar-refractivity contribution in [1.82, 2.24) is 57.2 Å². The maximum absolute atomic E-state index is 13.5. The van der Waals surface area contributed by atoms with Crippen LogP contribution < -0.4 is 65.5 Å². The third-order valence-electron chi connectivity index (χ3n) is 12.1. The minimum atomic E-state index is -0.383. The lowest BCUT2D eigenvalue weighted by molar-refractivity contribution is -0.127. The van der Waals surface area contributed by atoms with E-state index in [4.69, 9.17) is 85.3 Å². The first-order valence-corrected chi connectivity index (χ1v) is 31.9. The van der Waals surface area contributed by atoms with Crippen molar-refractivity contribution in [2.75, 3.05) is 303 Å². The fourth-order valence-corrected chi connectivity index (χ4v) is 7.49. The van der Waals surface area contributed by atoms with Gasteiger partial charge in [0.15, 0.2) is 0 Å². The molecule has 0 spiro atoms. The maximum atomic E-state index is 13.5. The Hall–Kier alpha value is -5.69. The molecule has 0 aromatic carbocycles. The van der Waals surface area contributed by atoms with Crippen molar-refractivity contribution in [2.24, 2.45) is 28.0 Å². The minimum Gasteiger partial charge on any atom is -0.379 e. The number of nitrogens with two attached hydrogens (primary N) is 4. The summed E-state index contributed by atoms with van der Waals surface area (Å²) in [6, 6.07) is 0. The van der Waals surface area contributed by atoms with Gasteiger partial charge in [0.2, 0.25) is 47.3 Å². The molecule has 0 saturated carbocycles. The van der Waals surface area contributed by atoms with Crippen LogP contribution in [0.5, 0.6) is 0 Å². The molecule has 0 aliphatic carbocycles. The van der Waals surface area contributed by atoms with Crippen LogP contribution in [0.1, 0.15) is 12.8 Å². The number of azide groups is 1. The third-order valence-corrected chi connectivity index (χ3v) is 12.1. The van der Waals surface area contributed by atoms with Crippen molar-refractivity contribution in [1.29, 1.82) is 0 Å². The molecule has 38 heteroatoms. The number of carbonyl (C=O) groups excluding carboxylic acids is 8. The molecule has 0 rings (SSSR count). The van der Waals surface area contributed by atoms with E-state index in [1.807, 2.05) is 0 Å². The monoisotopic (exact) mass is 1360 g/mol. The predicted molar refractivity (Wildman–Crippen MR) is 343 cm³/mol. The summed E-state index contributed by atoms with van der Waals surface area (Å²) in [6.07, 6.45) is 0.547. The lowest BCUT2D eigenvalue weighted by Gasteiger charge is -2.25. The summed E-state index contributed by atoms with van der Waals surface area (Å²) < 4.78 is 64.1. The van der Waals surface area contributed by atoms with Crippen molar-refractivity contribution >= 4 is 47.3 Å². The van der Waals surface area contributed by atoms with Crippen LogP contribution in [0.25, 0.3) is 10.4 Å². The number of nitrogens with one attached hydrogen (secondary N) is 8. The van der Waals surface area contributed by atoms with Crippen LogP contribution in [0.4, 0.5) is 0 Å². The second-order valence-electron chi connectivity index (χ2n) is 20.0. The van der Waals surface area contributed by atoms with Crippen molar-refractivity contribution in [3.05, 3.63) is 10.4 Å². The van der Waals surface area contributed by atoms with Gasteiger partial charge < -0.3 is 122 Å². The SMILES string of the molecule is [N-]=[N+]=NCCOCCOCCOCCOCCC(=O)NCCCNC(=O)CN(CCNC(=O)CN(CCNC(=O)COCCOCCN)CCNC(=O)COCCOCCN)CCNC(=O)CN(CCNC(=O)COCCOCCN)CCNC(=O)COCCOCCN. The Labute approximate surface area is 552 Å². The standard InChI is InChI=1S/C56H112N18O20/c57-3-23-84-34-38-91-45-53(79)66-11-18-73(19-12-67-54(80)46-92-39-35-85-24-4-58)43-51(77)64-9-16-72(42-50(76)63-8-1-7-62-49(75)2-22-83-28-30-89-32-33-90-31-29-88-27-15-70-71-61)17-10-65-52(78)44-74(20-13-68-55(81)47-93-40-36-86-25-5-59)21-14-69-56(82)48-94-41-37-87-26-6-60/h1-48,57-60H2,(H,62,75)(H,63,76)(H,64,77)(H,65,78)(H,66,79)(H,67,80)(H,68,81)(H,69,82). The molecule has 0 aliphatic heterocycles. The van der Waals surface area contributed by atoms with E-state index >= 15 is 0 Å². The molecule has 94 heavy (non-hydrogen) atoms. The highest BCUT2D eigenvalue weighted by Gasteiger charge is 2.17. The smallest absolute Gasteiger partial charge is 0.246 e. The van der Waals surface area contributed by atoms with Gasteiger partial charge in [-0.05, 0) is 12.0 Å². The number of hydrogen-bond acceptors (Lipinski definition) is 28. The van der Waals surface area contributed by atoms with Crippen LogP contribution in [0.15, 0.2) is 5.11 Å². The van der Waals surface area contributed by atoms with Crippen LogP contribution >= 0.6 is 0 Å². The second-order valence-corrected chi connectivity index (χ2v) is 20.0. The Bertz CT molecular complexity index is 1800. The van der Waals surface area contributed by atoms with Crippen LogP contribution in [-0.2, 0) is 95.2 Å². The van der Waals surface area contributed by atoms with E-state index in [1.165, 1.54) is 0 Å². The number of amides is 8. The lowest BCUT2D eigenvalue weighted by atomic mass is 10.3. The fourth-order valence-electron chi connectivity index (χ4n) is 7.49. The van der Waals surface area contributed by atoms with Crippen LogP contribution in [0.2, 0.25) is 0 Å². The fraction of sp³-hybridized carbons (Fsp3) is 0.857. The van der Waals surface area contributed by atoms with Crippen LogP contribution in [0.3, 0.4) is 0 Å². The highest BCUT2D eigenvalue weighted by molar-refractivity contribution is 5.80. The van der Waals surface area contributed by atoms with Gasteiger partial charge in [0.05, 0.1) is 152 Å². The van der Waals surface area contributed by atoms with Gasteiger partial charge >= 0.3 is 0 Å². The van der Waals surface area contributed by atoms with E-state index < -0.39 is 0 Å². The molecule has 0 atom stereocenters. The summed E-state index contributed by atoms with van der Waals surface area (Å²) in [5.41, 5.74) is 30.0. The average molecular weight is 1360 g/mol. The van der Waals surface area contributed by atoms with Gasteiger partial charge in [0.25, 0.3) is 0 Å². The number of rotatable bonds is 71. The Morgan fingerprint density at radius 3 is 0.819 bits per heavy atom. The second kappa shape index (κ2) is 68.7. The highest BCUT2D eigenvalue weighted by Crippen LogP contribution is 1.95. The topological polar surface area (TPSA) is 506 Å². The van der Waals surface area contributed by atoms with E-state index in [9.17, 15) is 38.4 Å². The van der Waals surface area contributed by atoms with Crippen LogP contribution in [-0.4, -0.2) is 365 Å². The molecular formula is C56H112N18O20. The number of hydrogen-bond donors (Lipinski definition) is 12. The third kappa shape index (κ3) is 63.7. The van der Waals surface area contributed by atoms with Crippen molar-refractivity contribution < 1.29 is 95.2 Å². The molecule has 38 nitrogen and oxygen atoms in total. The Morgan fingerprint density at radius 1 is 0.298 bits per heavy atom. The zero-order valence-electron chi connectivity index (χ0n) is 55.1. The number of ether oxygens (including phenoxy) is 12. The highest BCUT2D eigenvalue weighted by atomic mass is 16.6. The first-order valence-electron chi connectivity index (χ1n) is 31.9. The molecule has 0 bridgehead atoms. The predicted octanol–water partition coefficient (Wildman–Crippen LogP) is -8.05. The zero-order valence-corrected chi connectivity index (χ0v) is 55.1. The summed E-state index contributed by atoms with van der Waals surface area (Å²) >= 11 is 0. The van der Waals surface area contributed by atoms with Gasteiger partial charge in [0, 0.05) is 136 Å². The molecule has 8 amide bonds. The van der Waals surface area contributed by atoms with Gasteiger partial charge in [-0.1, -0.05) is 5.11 Å². The van der Waals surface area contributed by atoms with E-state index in [-0.39, 0.29) is 264 Å². The molecule has 0 radical (unpaired) electrons. The van der Waals surface area contributed by atoms with E-state index in [0.29, 0.717) is 98.7 Å². The average Bonchev–Trinajstić information content (AvgIpc) is 3.73. The number of nitrogens with zero attached hydrogens (tertiary/aromatic N) is 6. The summed E-state index contributed by atoms with van der Waals surface area (Å²) in [6.45, 7) is 9.09. The summed E-state index contributed by atoms with van der Waals surface area (Å²) in [4.78, 5) is 111. The first kappa shape index (κ1) is 88.3. The molecular weight excluding hydrogens is 1240 g/mol. The van der Waals surface area contributed by atoms with Crippen molar-refractivity contribution in [3.8, 4) is 0 Å². The first-order chi connectivity index (χ1) is 45.9. The molecule has 0 aromatic heterocycles. The molecule has 16 N–H and O–H groups in total. The van der Waals surface area contributed by atoms with Crippen LogP contribution in [0, 0.1) is 0 Å². The van der Waals surface area contributed by atoms with Gasteiger partial charge in [-0.2, -0.15) is 0 Å². The lowest BCUT2D eigenvalue weighted by Crippen LogP contribution is -2.48. The van der Waals surface area contributed by atoms with E-state index in [2.05, 4.69) is 52.6 Å². The molecule has 0 fully saturated rings. The van der Waals surface area contributed by atoms with E-state index in [0.717, 1.165) is 0 Å². The van der Waals surface area contributed by atoms with Gasteiger partial charge in [0.1, 0.15) is 26.4 Å². The van der Waals surface area contributed by atoms with E-state index in [1.54, 1.807) is 14.7 Å². The largest absolute Gasteiger partial charge is 0.379 e. The van der Waals surface area contributed by atoms with Crippen molar-refractivity contribution in [2.45, 2.75) is 12.8 Å². The minimum absolute atomic E-state index is 0.0866. The summed E-state index contributed by atoms with van der Waals surface area (Å²) in [5.74, 6) is -2.85. The molecule has 0 heterocycles. The maximum Gasteiger partial charge on any atom is 0.246 e. The normalized spacial score (nSPS) is 11.2.